The minimum Gasteiger partial charge on any atom is -0.339 e. The molecule has 3 fully saturated rings. The van der Waals surface area contributed by atoms with Crippen LogP contribution < -0.4 is 15.5 Å². The predicted octanol–water partition coefficient (Wildman–Crippen LogP) is 3.25. The second kappa shape index (κ2) is 10.5. The summed E-state index contributed by atoms with van der Waals surface area (Å²) < 4.78 is 20.0. The number of halogens is 1. The monoisotopic (exact) mass is 534 g/mol. The predicted molar refractivity (Wildman–Crippen MR) is 144 cm³/mol. The third kappa shape index (κ3) is 5.19. The number of anilines is 2. The third-order valence-corrected chi connectivity index (χ3v) is 8.23. The van der Waals surface area contributed by atoms with Crippen molar-refractivity contribution in [3.63, 3.8) is 0 Å². The molecule has 2 aliphatic heterocycles. The normalized spacial score (nSPS) is 21.9. The molecule has 6 rings (SSSR count). The lowest BCUT2D eigenvalue weighted by molar-refractivity contribution is 0.0661. The molecule has 2 aromatic heterocycles. The highest BCUT2D eigenvalue weighted by Gasteiger charge is 2.35. The fourth-order valence-corrected chi connectivity index (χ4v) is 5.83. The summed E-state index contributed by atoms with van der Waals surface area (Å²) in [6.07, 6.45) is 7.10. The third-order valence-electron chi connectivity index (χ3n) is 8.23. The van der Waals surface area contributed by atoms with Crippen LogP contribution in [0.4, 0.5) is 16.4 Å². The van der Waals surface area contributed by atoms with Crippen molar-refractivity contribution in [2.45, 2.75) is 63.5 Å². The molecule has 1 amide bonds. The first kappa shape index (κ1) is 25.7. The number of hydrogen-bond donors (Lipinski definition) is 1. The van der Waals surface area contributed by atoms with E-state index < -0.39 is 0 Å². The van der Waals surface area contributed by atoms with Gasteiger partial charge in [0.15, 0.2) is 5.82 Å². The van der Waals surface area contributed by atoms with Gasteiger partial charge >= 0.3 is 6.01 Å². The van der Waals surface area contributed by atoms with Gasteiger partial charge in [-0.3, -0.25) is 4.79 Å². The maximum absolute atomic E-state index is 14.5. The summed E-state index contributed by atoms with van der Waals surface area (Å²) >= 11 is 0. The number of carbonyl (C=O) groups is 1. The fourth-order valence-electron chi connectivity index (χ4n) is 5.83. The molecule has 1 aliphatic carbocycles. The van der Waals surface area contributed by atoms with E-state index in [4.69, 9.17) is 10.3 Å². The molecule has 206 valence electrons. The molecule has 4 heterocycles. The summed E-state index contributed by atoms with van der Waals surface area (Å²) in [5.74, 6) is 1.31. The fraction of sp³-hybridized carbons (Fsp3) is 0.536. The van der Waals surface area contributed by atoms with Crippen LogP contribution in [0.15, 0.2) is 35.1 Å². The summed E-state index contributed by atoms with van der Waals surface area (Å²) in [4.78, 5) is 33.0. The molecule has 3 aliphatic rings. The van der Waals surface area contributed by atoms with Crippen LogP contribution in [0.2, 0.25) is 0 Å². The zero-order valence-electron chi connectivity index (χ0n) is 22.5. The Morgan fingerprint density at radius 3 is 2.56 bits per heavy atom. The summed E-state index contributed by atoms with van der Waals surface area (Å²) in [7, 11) is 0. The molecule has 11 heteroatoms. The first-order valence-electron chi connectivity index (χ1n) is 13.9. The maximum Gasteiger partial charge on any atom is 0.324 e. The van der Waals surface area contributed by atoms with E-state index in [1.165, 1.54) is 6.07 Å². The van der Waals surface area contributed by atoms with Crippen LogP contribution in [0.25, 0.3) is 0 Å². The van der Waals surface area contributed by atoms with Crippen molar-refractivity contribution in [3.8, 4) is 0 Å². The Labute approximate surface area is 227 Å². The van der Waals surface area contributed by atoms with Gasteiger partial charge in [0, 0.05) is 69.0 Å². The van der Waals surface area contributed by atoms with Crippen LogP contribution in [0.3, 0.4) is 0 Å². The second-order valence-corrected chi connectivity index (χ2v) is 11.0. The van der Waals surface area contributed by atoms with Gasteiger partial charge in [-0.15, -0.1) is 0 Å². The van der Waals surface area contributed by atoms with Gasteiger partial charge in [0.2, 0.25) is 5.95 Å². The Morgan fingerprint density at radius 2 is 1.87 bits per heavy atom. The number of hydrogen-bond acceptors (Lipinski definition) is 9. The zero-order valence-corrected chi connectivity index (χ0v) is 22.5. The lowest BCUT2D eigenvalue weighted by Crippen LogP contribution is -2.47. The number of piperidine rings is 1. The van der Waals surface area contributed by atoms with Crippen LogP contribution in [-0.4, -0.2) is 75.7 Å². The van der Waals surface area contributed by atoms with Crippen molar-refractivity contribution in [3.05, 3.63) is 58.9 Å². The molecular weight excluding hydrogens is 499 g/mol. The molecule has 0 spiro atoms. The number of amides is 1. The van der Waals surface area contributed by atoms with E-state index in [0.29, 0.717) is 48.6 Å². The van der Waals surface area contributed by atoms with E-state index in [1.54, 1.807) is 18.5 Å². The molecule has 0 bridgehead atoms. The van der Waals surface area contributed by atoms with Crippen molar-refractivity contribution >= 4 is 17.9 Å². The van der Waals surface area contributed by atoms with E-state index in [9.17, 15) is 9.18 Å². The Kier molecular flexibility index (Phi) is 6.92. The molecule has 3 aromatic rings. The van der Waals surface area contributed by atoms with Gasteiger partial charge in [0.25, 0.3) is 5.91 Å². The number of rotatable bonds is 7. The van der Waals surface area contributed by atoms with Gasteiger partial charge in [0.05, 0.1) is 5.56 Å². The van der Waals surface area contributed by atoms with Gasteiger partial charge in [-0.2, -0.15) is 4.98 Å². The minimum absolute atomic E-state index is 0.0749. The Balaban J connectivity index is 1.08. The van der Waals surface area contributed by atoms with Gasteiger partial charge in [0.1, 0.15) is 5.82 Å². The first-order valence-corrected chi connectivity index (χ1v) is 13.9. The highest BCUT2D eigenvalue weighted by atomic mass is 19.1. The van der Waals surface area contributed by atoms with E-state index >= 15 is 0 Å². The Bertz CT molecular complexity index is 1320. The van der Waals surface area contributed by atoms with Gasteiger partial charge in [-0.1, -0.05) is 22.9 Å². The quantitative estimate of drug-likeness (QED) is 0.487. The SMILES string of the molecule is CCN(C(=O)c1cnc(N2C[C@H](c3cc(C)ccc3F)[C@@H](N)C2)nc1)C1CCN(c2nc(C3CC3)no2)CC1. The van der Waals surface area contributed by atoms with E-state index in [1.807, 2.05) is 29.7 Å². The first-order chi connectivity index (χ1) is 18.9. The number of nitrogens with zero attached hydrogens (tertiary/aromatic N) is 7. The zero-order chi connectivity index (χ0) is 27.1. The molecule has 2 atom stereocenters. The van der Waals surface area contributed by atoms with Crippen LogP contribution in [0, 0.1) is 12.7 Å². The molecular formula is C28H35FN8O2. The van der Waals surface area contributed by atoms with Gasteiger partial charge in [-0.25, -0.2) is 14.4 Å². The average Bonchev–Trinajstić information content (AvgIpc) is 3.56. The summed E-state index contributed by atoms with van der Waals surface area (Å²) in [6, 6.07) is 5.59. The lowest BCUT2D eigenvalue weighted by Gasteiger charge is -2.37. The van der Waals surface area contributed by atoms with Crippen molar-refractivity contribution in [1.82, 2.24) is 25.0 Å². The molecule has 2 saturated heterocycles. The highest BCUT2D eigenvalue weighted by Crippen LogP contribution is 2.39. The summed E-state index contributed by atoms with van der Waals surface area (Å²) in [5.41, 5.74) is 8.48. The van der Waals surface area contributed by atoms with E-state index in [-0.39, 0.29) is 29.7 Å². The van der Waals surface area contributed by atoms with Crippen molar-refractivity contribution in [2.75, 3.05) is 42.5 Å². The second-order valence-electron chi connectivity index (χ2n) is 11.0. The number of benzene rings is 1. The highest BCUT2D eigenvalue weighted by molar-refractivity contribution is 5.94. The molecule has 2 N–H and O–H groups in total. The minimum atomic E-state index is -0.240. The maximum atomic E-state index is 14.5. The molecule has 1 saturated carbocycles. The average molecular weight is 535 g/mol. The number of aromatic nitrogens is 4. The van der Waals surface area contributed by atoms with Crippen LogP contribution >= 0.6 is 0 Å². The lowest BCUT2D eigenvalue weighted by atomic mass is 9.93. The Hall–Kier alpha value is -3.60. The van der Waals surface area contributed by atoms with E-state index in [2.05, 4.69) is 25.0 Å². The Morgan fingerprint density at radius 1 is 1.13 bits per heavy atom. The smallest absolute Gasteiger partial charge is 0.324 e. The number of nitrogens with two attached hydrogens (primary N) is 1. The summed E-state index contributed by atoms with van der Waals surface area (Å²) in [6.45, 7) is 7.10. The number of carbonyl (C=O) groups excluding carboxylic acids is 1. The van der Waals surface area contributed by atoms with Crippen molar-refractivity contribution in [2.24, 2.45) is 5.73 Å². The molecule has 0 radical (unpaired) electrons. The molecule has 0 unspecified atom stereocenters. The van der Waals surface area contributed by atoms with Crippen molar-refractivity contribution < 1.29 is 13.7 Å². The van der Waals surface area contributed by atoms with Crippen LogP contribution in [-0.2, 0) is 0 Å². The van der Waals surface area contributed by atoms with Gasteiger partial charge in [-0.05, 0) is 51.2 Å². The molecule has 39 heavy (non-hydrogen) atoms. The van der Waals surface area contributed by atoms with Gasteiger partial charge < -0.3 is 25.0 Å². The number of aryl methyl sites for hydroxylation is 1. The van der Waals surface area contributed by atoms with E-state index in [0.717, 1.165) is 50.2 Å². The summed E-state index contributed by atoms with van der Waals surface area (Å²) in [5, 5.41) is 4.12. The molecule has 10 nitrogen and oxygen atoms in total. The topological polar surface area (TPSA) is 118 Å². The van der Waals surface area contributed by atoms with Crippen LogP contribution in [0.5, 0.6) is 0 Å². The van der Waals surface area contributed by atoms with Crippen molar-refractivity contribution in [1.29, 1.82) is 0 Å². The van der Waals surface area contributed by atoms with Crippen LogP contribution in [0.1, 0.15) is 71.8 Å². The largest absolute Gasteiger partial charge is 0.339 e. The molecule has 1 aromatic carbocycles. The standard InChI is InChI=1S/C28H35FN8O2/c1-3-37(20-8-10-35(11-9-20)28-33-25(34-39-28)18-5-6-18)26(38)19-13-31-27(32-14-19)36-15-22(24(30)16-36)21-12-17(2)4-7-23(21)29/h4,7,12-14,18,20,22,24H,3,5-6,8-11,15-16,30H2,1-2H3/t22-,24+/m1/s1.